The fraction of sp³-hybridized carbons (Fsp3) is 0.0455. The van der Waals surface area contributed by atoms with E-state index in [-0.39, 0.29) is 6.03 Å². The van der Waals surface area contributed by atoms with Gasteiger partial charge in [-0.3, -0.25) is 9.97 Å². The molecule has 0 spiro atoms. The molecule has 7 heteroatoms. The van der Waals surface area contributed by atoms with E-state index in [0.717, 1.165) is 38.4 Å². The predicted octanol–water partition coefficient (Wildman–Crippen LogP) is 4.19. The van der Waals surface area contributed by atoms with Gasteiger partial charge in [0.2, 0.25) is 0 Å². The van der Waals surface area contributed by atoms with E-state index in [9.17, 15) is 4.79 Å². The Bertz CT molecular complexity index is 1430. The highest BCUT2D eigenvalue weighted by atomic mass is 16.2. The predicted molar refractivity (Wildman–Crippen MR) is 115 cm³/mol. The minimum Gasteiger partial charge on any atom is -0.334 e. The summed E-state index contributed by atoms with van der Waals surface area (Å²) in [5.74, 6) is 0. The highest BCUT2D eigenvalue weighted by molar-refractivity contribution is 6.21. The minimum absolute atomic E-state index is 0.301. The summed E-state index contributed by atoms with van der Waals surface area (Å²) in [5, 5.41) is 7.28. The fourth-order valence-electron chi connectivity index (χ4n) is 3.42. The van der Waals surface area contributed by atoms with Crippen molar-refractivity contribution >= 4 is 55.6 Å². The Labute approximate surface area is 165 Å². The molecule has 29 heavy (non-hydrogen) atoms. The normalized spacial score (nSPS) is 11.2. The standard InChI is InChI=1S/C22H16N6O/c1-2-9-25-22(29)26-13-7-8-16-17(12-13)28-21-15-6-4-11-24-19(15)18-14(20(21)27-16)5-3-10-23-18/h2-8,10-12H,1,9H2,(H2,25,26,29). The Balaban J connectivity index is 1.74. The van der Waals surface area contributed by atoms with E-state index in [0.29, 0.717) is 17.7 Å². The van der Waals surface area contributed by atoms with Crippen molar-refractivity contribution in [1.82, 2.24) is 25.3 Å². The maximum absolute atomic E-state index is 11.9. The Hall–Kier alpha value is -4.13. The zero-order valence-electron chi connectivity index (χ0n) is 15.4. The highest BCUT2D eigenvalue weighted by Gasteiger charge is 2.14. The molecule has 0 aliphatic carbocycles. The van der Waals surface area contributed by atoms with Gasteiger partial charge in [-0.25, -0.2) is 14.8 Å². The first-order chi connectivity index (χ1) is 14.2. The van der Waals surface area contributed by atoms with Crippen molar-refractivity contribution in [3.63, 3.8) is 0 Å². The van der Waals surface area contributed by atoms with Crippen LogP contribution in [0.25, 0.3) is 43.9 Å². The van der Waals surface area contributed by atoms with Crippen LogP contribution in [0.15, 0.2) is 67.5 Å². The molecule has 0 bridgehead atoms. The second-order valence-electron chi connectivity index (χ2n) is 6.55. The quantitative estimate of drug-likeness (QED) is 0.278. The molecule has 140 valence electrons. The smallest absolute Gasteiger partial charge is 0.319 e. The number of rotatable bonds is 3. The zero-order valence-corrected chi connectivity index (χ0v) is 15.4. The number of nitrogens with one attached hydrogen (secondary N) is 2. The number of benzene rings is 2. The van der Waals surface area contributed by atoms with Crippen LogP contribution in [0.4, 0.5) is 10.5 Å². The summed E-state index contributed by atoms with van der Waals surface area (Å²) in [6, 6.07) is 12.9. The van der Waals surface area contributed by atoms with E-state index in [1.807, 2.05) is 36.4 Å². The third kappa shape index (κ3) is 2.89. The molecule has 0 radical (unpaired) electrons. The van der Waals surface area contributed by atoms with Gasteiger partial charge in [0.25, 0.3) is 0 Å². The summed E-state index contributed by atoms with van der Waals surface area (Å²) < 4.78 is 0. The SMILES string of the molecule is C=CCNC(=O)Nc1ccc2nc3c4cccnc4c4ncccc4c3nc2c1. The van der Waals surface area contributed by atoms with Crippen LogP contribution in [0, 0.1) is 0 Å². The molecule has 2 aromatic carbocycles. The molecule has 0 aliphatic rings. The summed E-state index contributed by atoms with van der Waals surface area (Å²) in [6.45, 7) is 3.98. The first-order valence-corrected chi connectivity index (χ1v) is 9.13. The topological polar surface area (TPSA) is 92.7 Å². The molecule has 7 nitrogen and oxygen atoms in total. The maximum Gasteiger partial charge on any atom is 0.319 e. The molecule has 0 unspecified atom stereocenters. The van der Waals surface area contributed by atoms with Crippen LogP contribution in [0.2, 0.25) is 0 Å². The zero-order chi connectivity index (χ0) is 19.8. The van der Waals surface area contributed by atoms with Crippen molar-refractivity contribution in [1.29, 1.82) is 0 Å². The molecular formula is C22H16N6O. The van der Waals surface area contributed by atoms with Crippen LogP contribution in [0.1, 0.15) is 0 Å². The van der Waals surface area contributed by atoms with Crippen molar-refractivity contribution in [2.45, 2.75) is 0 Å². The molecule has 0 saturated heterocycles. The Morgan fingerprint density at radius 1 is 0.897 bits per heavy atom. The number of carbonyl (C=O) groups excluding carboxylic acids is 1. The van der Waals surface area contributed by atoms with Gasteiger partial charge in [0.15, 0.2) is 0 Å². The van der Waals surface area contributed by atoms with E-state index in [2.05, 4.69) is 27.2 Å². The number of carbonyl (C=O) groups is 1. The van der Waals surface area contributed by atoms with E-state index in [1.54, 1.807) is 24.5 Å². The Morgan fingerprint density at radius 2 is 1.55 bits per heavy atom. The lowest BCUT2D eigenvalue weighted by Crippen LogP contribution is -2.28. The largest absolute Gasteiger partial charge is 0.334 e. The van der Waals surface area contributed by atoms with Gasteiger partial charge in [-0.15, -0.1) is 6.58 Å². The third-order valence-corrected chi connectivity index (χ3v) is 4.68. The summed E-state index contributed by atoms with van der Waals surface area (Å²) in [4.78, 5) is 30.7. The van der Waals surface area contributed by atoms with Gasteiger partial charge in [0, 0.05) is 35.4 Å². The lowest BCUT2D eigenvalue weighted by molar-refractivity contribution is 0.253. The van der Waals surface area contributed by atoms with Gasteiger partial charge in [-0.2, -0.15) is 0 Å². The molecule has 0 aliphatic heterocycles. The molecule has 0 fully saturated rings. The molecule has 5 aromatic rings. The van der Waals surface area contributed by atoms with E-state index in [1.165, 1.54) is 0 Å². The highest BCUT2D eigenvalue weighted by Crippen LogP contribution is 2.32. The Morgan fingerprint density at radius 3 is 2.21 bits per heavy atom. The van der Waals surface area contributed by atoms with Crippen molar-refractivity contribution in [2.24, 2.45) is 0 Å². The number of urea groups is 1. The molecule has 2 N–H and O–H groups in total. The number of fused-ring (bicyclic) bond motifs is 7. The van der Waals surface area contributed by atoms with Crippen molar-refractivity contribution in [2.75, 3.05) is 11.9 Å². The first kappa shape index (κ1) is 17.0. The van der Waals surface area contributed by atoms with Crippen molar-refractivity contribution < 1.29 is 4.79 Å². The van der Waals surface area contributed by atoms with E-state index >= 15 is 0 Å². The number of anilines is 1. The van der Waals surface area contributed by atoms with Crippen LogP contribution in [0.3, 0.4) is 0 Å². The van der Waals surface area contributed by atoms with Crippen molar-refractivity contribution in [3.8, 4) is 0 Å². The first-order valence-electron chi connectivity index (χ1n) is 9.13. The van der Waals surface area contributed by atoms with Gasteiger partial charge in [-0.1, -0.05) is 6.08 Å². The minimum atomic E-state index is -0.301. The van der Waals surface area contributed by atoms with Gasteiger partial charge < -0.3 is 10.6 Å². The van der Waals surface area contributed by atoms with Crippen LogP contribution < -0.4 is 10.6 Å². The number of hydrogen-bond acceptors (Lipinski definition) is 5. The van der Waals surface area contributed by atoms with Gasteiger partial charge in [-0.05, 0) is 42.5 Å². The van der Waals surface area contributed by atoms with Crippen LogP contribution in [-0.2, 0) is 0 Å². The summed E-state index contributed by atoms with van der Waals surface area (Å²) >= 11 is 0. The lowest BCUT2D eigenvalue weighted by atomic mass is 10.1. The summed E-state index contributed by atoms with van der Waals surface area (Å²) in [7, 11) is 0. The van der Waals surface area contributed by atoms with Crippen LogP contribution >= 0.6 is 0 Å². The summed E-state index contributed by atoms with van der Waals surface area (Å²) in [5.41, 5.74) is 5.21. The molecule has 3 aromatic heterocycles. The Kier molecular flexibility index (Phi) is 3.98. The fourth-order valence-corrected chi connectivity index (χ4v) is 3.42. The summed E-state index contributed by atoms with van der Waals surface area (Å²) in [6.07, 6.45) is 5.13. The number of nitrogens with zero attached hydrogens (tertiary/aromatic N) is 4. The average Bonchev–Trinajstić information content (AvgIpc) is 2.77. The number of hydrogen-bond donors (Lipinski definition) is 2. The van der Waals surface area contributed by atoms with Crippen molar-refractivity contribution in [3.05, 3.63) is 67.5 Å². The van der Waals surface area contributed by atoms with E-state index < -0.39 is 0 Å². The molecule has 2 amide bonds. The van der Waals surface area contributed by atoms with E-state index in [4.69, 9.17) is 9.97 Å². The monoisotopic (exact) mass is 380 g/mol. The number of pyridine rings is 2. The molecular weight excluding hydrogens is 364 g/mol. The average molecular weight is 380 g/mol. The second-order valence-corrected chi connectivity index (χ2v) is 6.55. The van der Waals surface area contributed by atoms with Crippen LogP contribution in [-0.4, -0.2) is 32.5 Å². The van der Waals surface area contributed by atoms with Gasteiger partial charge in [0.05, 0.1) is 33.1 Å². The molecule has 5 rings (SSSR count). The number of aromatic nitrogens is 4. The third-order valence-electron chi connectivity index (χ3n) is 4.68. The molecule has 0 atom stereocenters. The van der Waals surface area contributed by atoms with Gasteiger partial charge in [0.1, 0.15) is 0 Å². The van der Waals surface area contributed by atoms with Gasteiger partial charge >= 0.3 is 6.03 Å². The van der Waals surface area contributed by atoms with Crippen LogP contribution in [0.5, 0.6) is 0 Å². The molecule has 0 saturated carbocycles. The number of amides is 2. The molecule has 3 heterocycles. The lowest BCUT2D eigenvalue weighted by Gasteiger charge is -2.10. The maximum atomic E-state index is 11.9. The second kappa shape index (κ2) is 6.79.